The van der Waals surface area contributed by atoms with Crippen molar-refractivity contribution in [3.8, 4) is 16.9 Å². The van der Waals surface area contributed by atoms with Gasteiger partial charge in [0.1, 0.15) is 5.69 Å². The van der Waals surface area contributed by atoms with Crippen molar-refractivity contribution in [3.63, 3.8) is 0 Å². The first kappa shape index (κ1) is 22.2. The van der Waals surface area contributed by atoms with Gasteiger partial charge in [0.15, 0.2) is 5.78 Å². The lowest BCUT2D eigenvalue weighted by Gasteiger charge is -2.20. The Bertz CT molecular complexity index is 1250. The van der Waals surface area contributed by atoms with Crippen LogP contribution in [0.1, 0.15) is 35.3 Å². The molecule has 0 N–H and O–H groups in total. The number of aromatic nitrogens is 3. The van der Waals surface area contributed by atoms with Crippen molar-refractivity contribution in [2.75, 3.05) is 18.0 Å². The molecule has 5 heteroatoms. The van der Waals surface area contributed by atoms with Gasteiger partial charge in [-0.25, -0.2) is 4.68 Å². The summed E-state index contributed by atoms with van der Waals surface area (Å²) in [6.07, 6.45) is 5.35. The topological polar surface area (TPSA) is 51.0 Å². The second-order valence-electron chi connectivity index (χ2n) is 7.93. The van der Waals surface area contributed by atoms with E-state index in [0.29, 0.717) is 5.56 Å². The molecule has 33 heavy (non-hydrogen) atoms. The van der Waals surface area contributed by atoms with Crippen LogP contribution in [0.5, 0.6) is 0 Å². The Morgan fingerprint density at radius 1 is 0.970 bits per heavy atom. The van der Waals surface area contributed by atoms with E-state index in [0.717, 1.165) is 35.6 Å². The van der Waals surface area contributed by atoms with Crippen molar-refractivity contribution >= 4 is 17.5 Å². The molecule has 0 saturated carbocycles. The number of aryl methyl sites for hydroxylation is 1. The van der Waals surface area contributed by atoms with E-state index in [1.807, 2.05) is 60.8 Å². The molecule has 0 unspecified atom stereocenters. The fourth-order valence-corrected chi connectivity index (χ4v) is 3.70. The summed E-state index contributed by atoms with van der Waals surface area (Å²) in [6, 6.07) is 23.9. The minimum absolute atomic E-state index is 0.0523. The van der Waals surface area contributed by atoms with Gasteiger partial charge in [-0.05, 0) is 56.7 Å². The number of carbonyl (C=O) groups excluding carboxylic acids is 1. The van der Waals surface area contributed by atoms with E-state index in [1.54, 1.807) is 10.8 Å². The minimum atomic E-state index is -0.0523. The first-order chi connectivity index (χ1) is 16.1. The largest absolute Gasteiger partial charge is 0.372 e. The number of anilines is 1. The zero-order chi connectivity index (χ0) is 23.2. The molecule has 0 aliphatic carbocycles. The van der Waals surface area contributed by atoms with Crippen LogP contribution in [0, 0.1) is 6.92 Å². The average Bonchev–Trinajstić information content (AvgIpc) is 3.35. The SMILES string of the molecule is CCN(CC)c1ccc(/C=C/C(=O)c2cccc(-n3cc(-c4ccc(C)cc4)nn3)c2)cc1. The van der Waals surface area contributed by atoms with Crippen molar-refractivity contribution in [2.24, 2.45) is 0 Å². The maximum atomic E-state index is 12.8. The van der Waals surface area contributed by atoms with Crippen LogP contribution in [-0.4, -0.2) is 33.9 Å². The van der Waals surface area contributed by atoms with Gasteiger partial charge >= 0.3 is 0 Å². The molecule has 1 heterocycles. The standard InChI is InChI=1S/C28H28N4O/c1-4-31(5-2)25-16-11-22(12-17-25)13-18-28(33)24-7-6-8-26(19-24)32-20-27(29-30-32)23-14-9-21(3)10-15-23/h6-20H,4-5H2,1-3H3/b18-13+. The first-order valence-corrected chi connectivity index (χ1v) is 11.2. The smallest absolute Gasteiger partial charge is 0.185 e. The number of allylic oxidation sites excluding steroid dienone is 1. The van der Waals surface area contributed by atoms with Gasteiger partial charge in [-0.1, -0.05) is 65.4 Å². The van der Waals surface area contributed by atoms with Gasteiger partial charge in [0, 0.05) is 29.9 Å². The fourth-order valence-electron chi connectivity index (χ4n) is 3.70. The molecule has 0 saturated heterocycles. The molecule has 0 bridgehead atoms. The molecule has 0 radical (unpaired) electrons. The number of benzene rings is 3. The number of hydrogen-bond donors (Lipinski definition) is 0. The summed E-state index contributed by atoms with van der Waals surface area (Å²) in [5, 5.41) is 8.53. The summed E-state index contributed by atoms with van der Waals surface area (Å²) >= 11 is 0. The second-order valence-corrected chi connectivity index (χ2v) is 7.93. The Kier molecular flexibility index (Phi) is 6.79. The Morgan fingerprint density at radius 2 is 1.70 bits per heavy atom. The van der Waals surface area contributed by atoms with Gasteiger partial charge in [0.05, 0.1) is 11.9 Å². The highest BCUT2D eigenvalue weighted by Gasteiger charge is 2.08. The van der Waals surface area contributed by atoms with Gasteiger partial charge in [0.25, 0.3) is 0 Å². The van der Waals surface area contributed by atoms with Crippen molar-refractivity contribution in [1.29, 1.82) is 0 Å². The van der Waals surface area contributed by atoms with Crippen LogP contribution in [0.2, 0.25) is 0 Å². The number of rotatable bonds is 8. The summed E-state index contributed by atoms with van der Waals surface area (Å²) < 4.78 is 1.70. The van der Waals surface area contributed by atoms with Crippen LogP contribution in [-0.2, 0) is 0 Å². The summed E-state index contributed by atoms with van der Waals surface area (Å²) in [5.41, 5.74) is 6.59. The van der Waals surface area contributed by atoms with E-state index >= 15 is 0 Å². The van der Waals surface area contributed by atoms with E-state index in [9.17, 15) is 4.79 Å². The Labute approximate surface area is 195 Å². The molecule has 0 fully saturated rings. The lowest BCUT2D eigenvalue weighted by Crippen LogP contribution is -2.21. The van der Waals surface area contributed by atoms with E-state index in [4.69, 9.17) is 0 Å². The van der Waals surface area contributed by atoms with Gasteiger partial charge in [0.2, 0.25) is 0 Å². The van der Waals surface area contributed by atoms with E-state index < -0.39 is 0 Å². The lowest BCUT2D eigenvalue weighted by molar-refractivity contribution is 0.104. The highest BCUT2D eigenvalue weighted by atomic mass is 16.1. The number of nitrogens with zero attached hydrogens (tertiary/aromatic N) is 4. The molecule has 0 amide bonds. The average molecular weight is 437 g/mol. The Hall–Kier alpha value is -3.99. The summed E-state index contributed by atoms with van der Waals surface area (Å²) in [6.45, 7) is 8.29. The van der Waals surface area contributed by atoms with Crippen LogP contribution >= 0.6 is 0 Å². The molecule has 0 atom stereocenters. The Morgan fingerprint density at radius 3 is 2.39 bits per heavy atom. The van der Waals surface area contributed by atoms with E-state index in [1.165, 1.54) is 11.3 Å². The zero-order valence-corrected chi connectivity index (χ0v) is 19.3. The highest BCUT2D eigenvalue weighted by Crippen LogP contribution is 2.20. The minimum Gasteiger partial charge on any atom is -0.372 e. The molecule has 166 valence electrons. The fraction of sp³-hybridized carbons (Fsp3) is 0.179. The van der Waals surface area contributed by atoms with Crippen LogP contribution in [0.25, 0.3) is 23.0 Å². The van der Waals surface area contributed by atoms with Gasteiger partial charge in [-0.3, -0.25) is 4.79 Å². The summed E-state index contributed by atoms with van der Waals surface area (Å²) in [4.78, 5) is 15.1. The van der Waals surface area contributed by atoms with Crippen molar-refractivity contribution < 1.29 is 4.79 Å². The van der Waals surface area contributed by atoms with Gasteiger partial charge in [-0.2, -0.15) is 0 Å². The Balaban J connectivity index is 1.48. The molecule has 0 spiro atoms. The molecule has 1 aromatic heterocycles. The van der Waals surface area contributed by atoms with Gasteiger partial charge in [-0.15, -0.1) is 5.10 Å². The number of carbonyl (C=O) groups is 1. The highest BCUT2D eigenvalue weighted by molar-refractivity contribution is 6.07. The van der Waals surface area contributed by atoms with Crippen LogP contribution in [0.4, 0.5) is 5.69 Å². The van der Waals surface area contributed by atoms with Crippen molar-refractivity contribution in [3.05, 3.63) is 102 Å². The third kappa shape index (κ3) is 5.26. The molecule has 5 nitrogen and oxygen atoms in total. The van der Waals surface area contributed by atoms with Crippen molar-refractivity contribution in [2.45, 2.75) is 20.8 Å². The predicted molar refractivity (Wildman–Crippen MR) is 135 cm³/mol. The van der Waals surface area contributed by atoms with Crippen LogP contribution < -0.4 is 4.90 Å². The van der Waals surface area contributed by atoms with E-state index in [2.05, 4.69) is 60.2 Å². The molecular weight excluding hydrogens is 408 g/mol. The van der Waals surface area contributed by atoms with Crippen LogP contribution in [0.15, 0.2) is 85.1 Å². The third-order valence-corrected chi connectivity index (χ3v) is 5.68. The summed E-state index contributed by atoms with van der Waals surface area (Å²) in [5.74, 6) is -0.0523. The van der Waals surface area contributed by atoms with Crippen molar-refractivity contribution in [1.82, 2.24) is 15.0 Å². The lowest BCUT2D eigenvalue weighted by atomic mass is 10.1. The van der Waals surface area contributed by atoms with E-state index in [-0.39, 0.29) is 5.78 Å². The second kappa shape index (κ2) is 10.1. The molecule has 4 rings (SSSR count). The molecular formula is C28H28N4O. The first-order valence-electron chi connectivity index (χ1n) is 11.2. The molecule has 3 aromatic carbocycles. The number of hydrogen-bond acceptors (Lipinski definition) is 4. The quantitative estimate of drug-likeness (QED) is 0.252. The summed E-state index contributed by atoms with van der Waals surface area (Å²) in [7, 11) is 0. The van der Waals surface area contributed by atoms with Crippen LogP contribution in [0.3, 0.4) is 0 Å². The zero-order valence-electron chi connectivity index (χ0n) is 19.3. The third-order valence-electron chi connectivity index (χ3n) is 5.68. The monoisotopic (exact) mass is 436 g/mol. The maximum absolute atomic E-state index is 12.8. The molecule has 0 aliphatic heterocycles. The normalized spacial score (nSPS) is 11.1. The van der Waals surface area contributed by atoms with Gasteiger partial charge < -0.3 is 4.90 Å². The molecule has 4 aromatic rings. The number of ketones is 1. The maximum Gasteiger partial charge on any atom is 0.185 e. The predicted octanol–water partition coefficient (Wildman–Crippen LogP) is 5.99. The molecule has 0 aliphatic rings.